The number of hydrogen-bond acceptors (Lipinski definition) is 3. The first kappa shape index (κ1) is 9.06. The molecule has 0 saturated carbocycles. The van der Waals surface area contributed by atoms with Gasteiger partial charge in [0.2, 0.25) is 0 Å². The molecule has 14 heavy (non-hydrogen) atoms. The van der Waals surface area contributed by atoms with Gasteiger partial charge in [-0.2, -0.15) is 0 Å². The molecule has 0 radical (unpaired) electrons. The molecule has 0 bridgehead atoms. The average molecular weight is 192 g/mol. The van der Waals surface area contributed by atoms with Crippen molar-refractivity contribution in [1.82, 2.24) is 0 Å². The molecule has 3 nitrogen and oxygen atoms in total. The molecule has 1 aliphatic heterocycles. The molecule has 0 saturated heterocycles. The van der Waals surface area contributed by atoms with Crippen LogP contribution in [0.4, 0.5) is 0 Å². The zero-order valence-electron chi connectivity index (χ0n) is 8.24. The third-order valence-electron chi connectivity index (χ3n) is 2.33. The number of para-hydroxylation sites is 1. The zero-order chi connectivity index (χ0) is 10.1. The molecule has 2 rings (SSSR count). The second kappa shape index (κ2) is 3.33. The van der Waals surface area contributed by atoms with Crippen LogP contribution in [0.2, 0.25) is 0 Å². The summed E-state index contributed by atoms with van der Waals surface area (Å²) in [6.45, 7) is 1.99. The number of methoxy groups -OCH3 is 1. The van der Waals surface area contributed by atoms with E-state index in [1.165, 1.54) is 7.11 Å². The van der Waals surface area contributed by atoms with Crippen molar-refractivity contribution in [2.75, 3.05) is 7.11 Å². The summed E-state index contributed by atoms with van der Waals surface area (Å²) in [6.07, 6.45) is 1.01. The number of carbonyl (C=O) groups excluding carboxylic acids is 1. The third kappa shape index (κ3) is 1.35. The molecule has 0 spiro atoms. The summed E-state index contributed by atoms with van der Waals surface area (Å²) in [6, 6.07) is 5.56. The van der Waals surface area contributed by atoms with Gasteiger partial charge in [0.05, 0.1) is 7.11 Å². The van der Waals surface area contributed by atoms with Crippen molar-refractivity contribution in [3.63, 3.8) is 0 Å². The van der Waals surface area contributed by atoms with Crippen LogP contribution in [0.5, 0.6) is 5.75 Å². The molecule has 1 aromatic carbocycles. The van der Waals surface area contributed by atoms with E-state index < -0.39 is 0 Å². The number of fused-ring (bicyclic) bond motifs is 1. The Labute approximate surface area is 82.6 Å². The van der Waals surface area contributed by atoms with Crippen molar-refractivity contribution in [3.8, 4) is 5.75 Å². The summed E-state index contributed by atoms with van der Waals surface area (Å²) in [5.41, 5.74) is 1.61. The van der Waals surface area contributed by atoms with Crippen molar-refractivity contribution in [2.45, 2.75) is 19.4 Å². The van der Waals surface area contributed by atoms with Crippen LogP contribution in [0.3, 0.4) is 0 Å². The Morgan fingerprint density at radius 1 is 1.57 bits per heavy atom. The highest BCUT2D eigenvalue weighted by Crippen LogP contribution is 2.32. The van der Waals surface area contributed by atoms with Crippen LogP contribution in [0.1, 0.15) is 22.8 Å². The van der Waals surface area contributed by atoms with Crippen LogP contribution < -0.4 is 4.74 Å². The summed E-state index contributed by atoms with van der Waals surface area (Å²) in [5, 5.41) is 0. The molecule has 0 amide bonds. The highest BCUT2D eigenvalue weighted by molar-refractivity contribution is 5.93. The molecule has 3 heteroatoms. The van der Waals surface area contributed by atoms with Gasteiger partial charge >= 0.3 is 5.97 Å². The summed E-state index contributed by atoms with van der Waals surface area (Å²) < 4.78 is 10.2. The Hall–Kier alpha value is -1.51. The molecule has 0 aromatic heterocycles. The predicted molar refractivity (Wildman–Crippen MR) is 51.6 cm³/mol. The standard InChI is InChI=1S/C11H12O3/c1-7-6-8-4-3-5-9(10(8)14-7)11(12)13-2/h3-5,7H,6H2,1-2H3/t7-/m1/s1. The number of carbonyl (C=O) groups is 1. The maximum Gasteiger partial charge on any atom is 0.341 e. The van der Waals surface area contributed by atoms with Gasteiger partial charge in [-0.05, 0) is 18.6 Å². The zero-order valence-corrected chi connectivity index (χ0v) is 8.24. The maximum absolute atomic E-state index is 11.4. The van der Waals surface area contributed by atoms with Gasteiger partial charge in [0.15, 0.2) is 0 Å². The molecular weight excluding hydrogens is 180 g/mol. The topological polar surface area (TPSA) is 35.5 Å². The van der Waals surface area contributed by atoms with Crippen molar-refractivity contribution in [1.29, 1.82) is 0 Å². The smallest absolute Gasteiger partial charge is 0.341 e. The van der Waals surface area contributed by atoms with E-state index in [1.807, 2.05) is 19.1 Å². The SMILES string of the molecule is COC(=O)c1cccc2c1O[C@H](C)C2. The molecule has 74 valence electrons. The van der Waals surface area contributed by atoms with Crippen molar-refractivity contribution in [3.05, 3.63) is 29.3 Å². The van der Waals surface area contributed by atoms with Gasteiger partial charge in [0, 0.05) is 6.42 Å². The van der Waals surface area contributed by atoms with Gasteiger partial charge in [0.25, 0.3) is 0 Å². The van der Waals surface area contributed by atoms with Gasteiger partial charge in [-0.15, -0.1) is 0 Å². The van der Waals surface area contributed by atoms with E-state index in [9.17, 15) is 4.79 Å². The van der Waals surface area contributed by atoms with Crippen LogP contribution in [0.15, 0.2) is 18.2 Å². The minimum atomic E-state index is -0.337. The maximum atomic E-state index is 11.4. The second-order valence-corrected chi connectivity index (χ2v) is 3.42. The van der Waals surface area contributed by atoms with E-state index in [0.717, 1.165) is 12.0 Å². The van der Waals surface area contributed by atoms with Crippen LogP contribution in [0, 0.1) is 0 Å². The number of esters is 1. The number of benzene rings is 1. The van der Waals surface area contributed by atoms with Gasteiger partial charge in [-0.1, -0.05) is 12.1 Å². The molecule has 0 N–H and O–H groups in total. The highest BCUT2D eigenvalue weighted by atomic mass is 16.5. The summed E-state index contributed by atoms with van der Waals surface area (Å²) in [4.78, 5) is 11.4. The van der Waals surface area contributed by atoms with E-state index in [0.29, 0.717) is 11.3 Å². The fourth-order valence-corrected chi connectivity index (χ4v) is 1.71. The van der Waals surface area contributed by atoms with Crippen LogP contribution in [-0.2, 0) is 11.2 Å². The van der Waals surface area contributed by atoms with E-state index in [1.54, 1.807) is 6.07 Å². The van der Waals surface area contributed by atoms with Gasteiger partial charge in [-0.3, -0.25) is 0 Å². The number of hydrogen-bond donors (Lipinski definition) is 0. The lowest BCUT2D eigenvalue weighted by Gasteiger charge is -2.06. The molecular formula is C11H12O3. The average Bonchev–Trinajstić information content (AvgIpc) is 2.56. The van der Waals surface area contributed by atoms with E-state index >= 15 is 0 Å². The first-order valence-corrected chi connectivity index (χ1v) is 4.59. The lowest BCUT2D eigenvalue weighted by molar-refractivity contribution is 0.0595. The van der Waals surface area contributed by atoms with E-state index in [2.05, 4.69) is 4.74 Å². The minimum absolute atomic E-state index is 0.149. The quantitative estimate of drug-likeness (QED) is 0.636. The lowest BCUT2D eigenvalue weighted by Crippen LogP contribution is -2.08. The van der Waals surface area contributed by atoms with E-state index in [4.69, 9.17) is 4.74 Å². The molecule has 0 fully saturated rings. The normalized spacial score (nSPS) is 18.6. The molecule has 1 aromatic rings. The summed E-state index contributed by atoms with van der Waals surface area (Å²) >= 11 is 0. The Morgan fingerprint density at radius 3 is 3.07 bits per heavy atom. The minimum Gasteiger partial charge on any atom is -0.489 e. The molecule has 1 heterocycles. The predicted octanol–water partition coefficient (Wildman–Crippen LogP) is 1.80. The fraction of sp³-hybridized carbons (Fsp3) is 0.364. The van der Waals surface area contributed by atoms with Crippen LogP contribution in [0.25, 0.3) is 0 Å². The Morgan fingerprint density at radius 2 is 2.36 bits per heavy atom. The van der Waals surface area contributed by atoms with Crippen molar-refractivity contribution in [2.24, 2.45) is 0 Å². The first-order valence-electron chi connectivity index (χ1n) is 4.59. The molecule has 1 atom stereocenters. The Kier molecular flexibility index (Phi) is 2.15. The summed E-state index contributed by atoms with van der Waals surface area (Å²) in [5.74, 6) is 0.350. The van der Waals surface area contributed by atoms with Gasteiger partial charge < -0.3 is 9.47 Å². The molecule has 0 aliphatic carbocycles. The largest absolute Gasteiger partial charge is 0.489 e. The Bertz CT molecular complexity index is 371. The van der Waals surface area contributed by atoms with Gasteiger partial charge in [-0.25, -0.2) is 4.79 Å². The van der Waals surface area contributed by atoms with E-state index in [-0.39, 0.29) is 12.1 Å². The van der Waals surface area contributed by atoms with Crippen LogP contribution >= 0.6 is 0 Å². The Balaban J connectivity index is 2.44. The number of ether oxygens (including phenoxy) is 2. The van der Waals surface area contributed by atoms with Crippen molar-refractivity contribution >= 4 is 5.97 Å². The second-order valence-electron chi connectivity index (χ2n) is 3.42. The fourth-order valence-electron chi connectivity index (χ4n) is 1.71. The lowest BCUT2D eigenvalue weighted by atomic mass is 10.1. The third-order valence-corrected chi connectivity index (χ3v) is 2.33. The number of rotatable bonds is 1. The molecule has 1 aliphatic rings. The summed E-state index contributed by atoms with van der Waals surface area (Å²) in [7, 11) is 1.38. The van der Waals surface area contributed by atoms with Crippen molar-refractivity contribution < 1.29 is 14.3 Å². The molecule has 0 unspecified atom stereocenters. The van der Waals surface area contributed by atoms with Crippen LogP contribution in [-0.4, -0.2) is 19.2 Å². The first-order chi connectivity index (χ1) is 6.72. The van der Waals surface area contributed by atoms with Gasteiger partial charge in [0.1, 0.15) is 17.4 Å². The highest BCUT2D eigenvalue weighted by Gasteiger charge is 2.24. The monoisotopic (exact) mass is 192 g/mol.